The molecule has 0 aromatic carbocycles. The van der Waals surface area contributed by atoms with E-state index < -0.39 is 0 Å². The summed E-state index contributed by atoms with van der Waals surface area (Å²) in [5.41, 5.74) is 0. The maximum Gasteiger partial charge on any atom is 0.319 e. The standard InChI is InChI=1S/C6H9N4O/c1-2-3-10(5-11)6-7-4-8-9-6/h4H,2-3H2,1H3,(H,7,8,9). The molecule has 0 aliphatic heterocycles. The maximum atomic E-state index is 10.3. The van der Waals surface area contributed by atoms with Crippen LogP contribution in [-0.2, 0) is 4.79 Å². The number of nitrogens with zero attached hydrogens (tertiary/aromatic N) is 3. The van der Waals surface area contributed by atoms with Crippen LogP contribution in [0.25, 0.3) is 0 Å². The van der Waals surface area contributed by atoms with Crippen molar-refractivity contribution in [2.24, 2.45) is 0 Å². The minimum atomic E-state index is 0.377. The monoisotopic (exact) mass is 153 g/mol. The summed E-state index contributed by atoms with van der Waals surface area (Å²) in [6.07, 6.45) is 4.03. The minimum absolute atomic E-state index is 0.377. The topological polar surface area (TPSA) is 61.9 Å². The number of amides is 1. The number of aromatic amines is 1. The van der Waals surface area contributed by atoms with E-state index in [1.54, 1.807) is 6.41 Å². The molecule has 1 radical (unpaired) electrons. The van der Waals surface area contributed by atoms with Gasteiger partial charge in [-0.15, -0.1) is 5.10 Å². The van der Waals surface area contributed by atoms with Crippen molar-refractivity contribution in [2.75, 3.05) is 11.4 Å². The van der Waals surface area contributed by atoms with E-state index >= 15 is 0 Å². The first-order valence-electron chi connectivity index (χ1n) is 3.39. The average molecular weight is 153 g/mol. The third-order valence-electron chi connectivity index (χ3n) is 1.20. The molecule has 0 saturated carbocycles. The third kappa shape index (κ3) is 1.76. The zero-order chi connectivity index (χ0) is 8.10. The molecule has 0 saturated heterocycles. The van der Waals surface area contributed by atoms with Gasteiger partial charge in [0.25, 0.3) is 5.95 Å². The van der Waals surface area contributed by atoms with Crippen LogP contribution in [-0.4, -0.2) is 28.1 Å². The van der Waals surface area contributed by atoms with Gasteiger partial charge in [-0.25, -0.2) is 4.98 Å². The van der Waals surface area contributed by atoms with Crippen molar-refractivity contribution in [1.82, 2.24) is 15.2 Å². The zero-order valence-electron chi connectivity index (χ0n) is 6.24. The molecule has 0 unspecified atom stereocenters. The predicted molar refractivity (Wildman–Crippen MR) is 39.7 cm³/mol. The van der Waals surface area contributed by atoms with Gasteiger partial charge in [0, 0.05) is 6.54 Å². The molecule has 1 amide bonds. The van der Waals surface area contributed by atoms with Crippen molar-refractivity contribution in [3.05, 3.63) is 6.33 Å². The first-order valence-corrected chi connectivity index (χ1v) is 3.39. The lowest BCUT2D eigenvalue weighted by molar-refractivity contribution is 0.549. The third-order valence-corrected chi connectivity index (χ3v) is 1.20. The number of aromatic nitrogens is 3. The Morgan fingerprint density at radius 2 is 2.64 bits per heavy atom. The SMILES string of the molecule is CCCN([C]=O)c1nc[nH]n1. The second kappa shape index (κ2) is 3.70. The van der Waals surface area contributed by atoms with Crippen LogP contribution in [0.5, 0.6) is 0 Å². The average Bonchev–Trinajstić information content (AvgIpc) is 2.52. The lowest BCUT2D eigenvalue weighted by Gasteiger charge is -2.08. The highest BCUT2D eigenvalue weighted by molar-refractivity contribution is 5.71. The van der Waals surface area contributed by atoms with E-state index in [0.29, 0.717) is 12.5 Å². The number of hydrogen-bond acceptors (Lipinski definition) is 3. The summed E-state index contributed by atoms with van der Waals surface area (Å²) in [4.78, 5) is 15.4. The van der Waals surface area contributed by atoms with Crippen LogP contribution < -0.4 is 4.90 Å². The molecule has 1 aromatic rings. The molecule has 59 valence electrons. The van der Waals surface area contributed by atoms with Gasteiger partial charge in [-0.2, -0.15) is 0 Å². The summed E-state index contributed by atoms with van der Waals surface area (Å²) < 4.78 is 0. The van der Waals surface area contributed by atoms with Crippen LogP contribution in [0.4, 0.5) is 5.95 Å². The minimum Gasteiger partial charge on any atom is -0.271 e. The number of H-pyrrole nitrogens is 1. The van der Waals surface area contributed by atoms with Crippen LogP contribution in [0.15, 0.2) is 6.33 Å². The Labute approximate surface area is 64.4 Å². The van der Waals surface area contributed by atoms with E-state index in [-0.39, 0.29) is 0 Å². The Hall–Kier alpha value is -1.39. The van der Waals surface area contributed by atoms with Crippen molar-refractivity contribution in [3.8, 4) is 0 Å². The van der Waals surface area contributed by atoms with Crippen LogP contribution >= 0.6 is 0 Å². The second-order valence-corrected chi connectivity index (χ2v) is 2.04. The lowest BCUT2D eigenvalue weighted by Crippen LogP contribution is -2.22. The summed E-state index contributed by atoms with van der Waals surface area (Å²) >= 11 is 0. The highest BCUT2D eigenvalue weighted by Gasteiger charge is 2.07. The van der Waals surface area contributed by atoms with Crippen molar-refractivity contribution >= 4 is 12.4 Å². The van der Waals surface area contributed by atoms with Gasteiger partial charge in [-0.3, -0.25) is 14.8 Å². The van der Waals surface area contributed by atoms with Crippen LogP contribution in [0.3, 0.4) is 0 Å². The molecule has 0 aliphatic carbocycles. The first kappa shape index (κ1) is 7.71. The summed E-state index contributed by atoms with van der Waals surface area (Å²) in [5.74, 6) is 0.377. The van der Waals surface area contributed by atoms with Crippen molar-refractivity contribution in [2.45, 2.75) is 13.3 Å². The molecule has 5 heteroatoms. The Morgan fingerprint density at radius 1 is 1.82 bits per heavy atom. The molecule has 0 aliphatic rings. The molecule has 0 bridgehead atoms. The lowest BCUT2D eigenvalue weighted by atomic mass is 10.4. The van der Waals surface area contributed by atoms with Gasteiger partial charge in [0.05, 0.1) is 0 Å². The molecule has 5 nitrogen and oxygen atoms in total. The van der Waals surface area contributed by atoms with E-state index in [1.807, 2.05) is 6.92 Å². The smallest absolute Gasteiger partial charge is 0.271 e. The van der Waals surface area contributed by atoms with Gasteiger partial charge in [-0.1, -0.05) is 6.92 Å². The number of nitrogens with one attached hydrogen (secondary N) is 1. The van der Waals surface area contributed by atoms with Gasteiger partial charge >= 0.3 is 6.41 Å². The molecule has 0 spiro atoms. The van der Waals surface area contributed by atoms with E-state index in [4.69, 9.17) is 0 Å². The maximum absolute atomic E-state index is 10.3. The Bertz CT molecular complexity index is 208. The van der Waals surface area contributed by atoms with Crippen LogP contribution in [0.1, 0.15) is 13.3 Å². The molecule has 1 N–H and O–H groups in total. The van der Waals surface area contributed by atoms with E-state index in [0.717, 1.165) is 6.42 Å². The molecule has 11 heavy (non-hydrogen) atoms. The second-order valence-electron chi connectivity index (χ2n) is 2.04. The molecule has 1 rings (SSSR count). The highest BCUT2D eigenvalue weighted by atomic mass is 16.1. The molecular formula is C6H9N4O. The van der Waals surface area contributed by atoms with E-state index in [9.17, 15) is 4.79 Å². The van der Waals surface area contributed by atoms with Crippen LogP contribution in [0.2, 0.25) is 0 Å². The van der Waals surface area contributed by atoms with E-state index in [2.05, 4.69) is 15.2 Å². The van der Waals surface area contributed by atoms with Gasteiger partial charge < -0.3 is 0 Å². The molecule has 0 atom stereocenters. The number of rotatable bonds is 4. The summed E-state index contributed by atoms with van der Waals surface area (Å²) in [7, 11) is 0. The normalized spacial score (nSPS) is 9.55. The van der Waals surface area contributed by atoms with Gasteiger partial charge in [0.2, 0.25) is 0 Å². The Balaban J connectivity index is 2.63. The van der Waals surface area contributed by atoms with Gasteiger partial charge in [0.1, 0.15) is 6.33 Å². The molecule has 1 aromatic heterocycles. The fourth-order valence-corrected chi connectivity index (χ4v) is 0.742. The summed E-state index contributed by atoms with van der Waals surface area (Å²) in [6, 6.07) is 0. The highest BCUT2D eigenvalue weighted by Crippen LogP contribution is 2.01. The predicted octanol–water partition coefficient (Wildman–Crippen LogP) is 0.0883. The van der Waals surface area contributed by atoms with Crippen molar-refractivity contribution in [3.63, 3.8) is 0 Å². The summed E-state index contributed by atoms with van der Waals surface area (Å²) in [6.45, 7) is 2.57. The van der Waals surface area contributed by atoms with Crippen molar-refractivity contribution in [1.29, 1.82) is 0 Å². The Morgan fingerprint density at radius 3 is 3.09 bits per heavy atom. The van der Waals surface area contributed by atoms with Gasteiger partial charge in [0.15, 0.2) is 0 Å². The summed E-state index contributed by atoms with van der Waals surface area (Å²) in [5, 5.41) is 6.25. The van der Waals surface area contributed by atoms with E-state index in [1.165, 1.54) is 11.2 Å². The number of anilines is 1. The largest absolute Gasteiger partial charge is 0.319 e. The number of carbonyl (C=O) groups excluding carboxylic acids is 1. The Kier molecular flexibility index (Phi) is 2.59. The molecule has 1 heterocycles. The van der Waals surface area contributed by atoms with Gasteiger partial charge in [-0.05, 0) is 6.42 Å². The van der Waals surface area contributed by atoms with Crippen molar-refractivity contribution < 1.29 is 4.79 Å². The first-order chi connectivity index (χ1) is 5.38. The zero-order valence-corrected chi connectivity index (χ0v) is 6.24. The fraction of sp³-hybridized carbons (Fsp3) is 0.500. The molecular weight excluding hydrogens is 144 g/mol. The molecule has 0 fully saturated rings. The fourth-order valence-electron chi connectivity index (χ4n) is 0.742. The quantitative estimate of drug-likeness (QED) is 0.623. The number of hydrogen-bond donors (Lipinski definition) is 1. The van der Waals surface area contributed by atoms with Crippen LogP contribution in [0, 0.1) is 0 Å².